The zero-order valence-corrected chi connectivity index (χ0v) is 13.9. The van der Waals surface area contributed by atoms with E-state index in [0.717, 1.165) is 22.3 Å². The smallest absolute Gasteiger partial charge is 0.163 e. The monoisotopic (exact) mass is 334 g/mol. The number of rotatable bonds is 2. The van der Waals surface area contributed by atoms with E-state index in [2.05, 4.69) is 15.3 Å². The Morgan fingerprint density at radius 1 is 1.00 bits per heavy atom. The zero-order valence-electron chi connectivity index (χ0n) is 11.5. The number of halogens is 2. The summed E-state index contributed by atoms with van der Waals surface area (Å²) in [5.74, 6) is 0.570. The molecule has 0 fully saturated rings. The maximum absolute atomic E-state index is 6.36. The van der Waals surface area contributed by atoms with Gasteiger partial charge >= 0.3 is 0 Å². The fraction of sp³-hybridized carbons (Fsp3) is 0.125. The van der Waals surface area contributed by atoms with Crippen LogP contribution >= 0.6 is 34.5 Å². The molecule has 0 spiro atoms. The van der Waals surface area contributed by atoms with Crippen LogP contribution in [0.3, 0.4) is 0 Å². The lowest BCUT2D eigenvalue weighted by Crippen LogP contribution is -1.95. The van der Waals surface area contributed by atoms with Crippen molar-refractivity contribution in [1.29, 1.82) is 0 Å². The van der Waals surface area contributed by atoms with Gasteiger partial charge in [-0.3, -0.25) is 0 Å². The van der Waals surface area contributed by atoms with Crippen molar-refractivity contribution >= 4 is 34.5 Å². The molecule has 106 valence electrons. The molecule has 3 rings (SSSR count). The lowest BCUT2D eigenvalue weighted by atomic mass is 10.1. The summed E-state index contributed by atoms with van der Waals surface area (Å²) in [5, 5.41) is 4.81. The molecule has 5 heteroatoms. The molecule has 2 nitrogen and oxygen atoms in total. The summed E-state index contributed by atoms with van der Waals surface area (Å²) in [6.45, 7) is 4.04. The van der Waals surface area contributed by atoms with E-state index in [1.807, 2.05) is 43.5 Å². The number of nitrogens with zero attached hydrogens (tertiary/aromatic N) is 2. The highest BCUT2D eigenvalue weighted by atomic mass is 35.5. The Kier molecular flexibility index (Phi) is 3.98. The number of benzene rings is 1. The van der Waals surface area contributed by atoms with Gasteiger partial charge in [-0.2, -0.15) is 11.3 Å². The third-order valence-corrected chi connectivity index (χ3v) is 4.63. The van der Waals surface area contributed by atoms with E-state index < -0.39 is 0 Å². The molecule has 0 atom stereocenters. The van der Waals surface area contributed by atoms with Gasteiger partial charge in [0.2, 0.25) is 0 Å². The fourth-order valence-electron chi connectivity index (χ4n) is 2.16. The van der Waals surface area contributed by atoms with Gasteiger partial charge < -0.3 is 0 Å². The maximum atomic E-state index is 6.36. The van der Waals surface area contributed by atoms with Gasteiger partial charge in [-0.05, 0) is 30.4 Å². The molecule has 0 radical (unpaired) electrons. The van der Waals surface area contributed by atoms with Crippen LogP contribution in [0.2, 0.25) is 10.3 Å². The average Bonchev–Trinajstić information content (AvgIpc) is 2.84. The molecule has 0 bridgehead atoms. The molecule has 0 unspecified atom stereocenters. The predicted molar refractivity (Wildman–Crippen MR) is 90.3 cm³/mol. The molecule has 2 heterocycles. The second kappa shape index (κ2) is 5.76. The molecule has 0 aliphatic carbocycles. The van der Waals surface area contributed by atoms with Crippen molar-refractivity contribution in [3.05, 3.63) is 56.5 Å². The zero-order chi connectivity index (χ0) is 15.0. The van der Waals surface area contributed by atoms with Gasteiger partial charge in [-0.15, -0.1) is 0 Å². The maximum Gasteiger partial charge on any atom is 0.163 e. The standard InChI is InChI=1S/C16H12Cl2N2S/c1-9-4-3-5-11(6-9)13-14(17)19-16(20-15(13)18)12-8-21-7-10(12)2/h3-8H,1-2H3. The Morgan fingerprint density at radius 2 is 1.71 bits per heavy atom. The fourth-order valence-corrected chi connectivity index (χ4v) is 3.59. The van der Waals surface area contributed by atoms with Gasteiger partial charge in [0.25, 0.3) is 0 Å². The summed E-state index contributed by atoms with van der Waals surface area (Å²) >= 11 is 14.3. The summed E-state index contributed by atoms with van der Waals surface area (Å²) in [5.41, 5.74) is 4.84. The second-order valence-electron chi connectivity index (χ2n) is 4.84. The summed E-state index contributed by atoms with van der Waals surface area (Å²) in [6, 6.07) is 7.97. The number of hydrogen-bond acceptors (Lipinski definition) is 3. The van der Waals surface area contributed by atoms with Crippen molar-refractivity contribution < 1.29 is 0 Å². The van der Waals surface area contributed by atoms with Crippen LogP contribution in [0.15, 0.2) is 35.0 Å². The van der Waals surface area contributed by atoms with Crippen LogP contribution < -0.4 is 0 Å². The van der Waals surface area contributed by atoms with E-state index in [1.165, 1.54) is 0 Å². The molecule has 3 aromatic rings. The molecule has 0 saturated heterocycles. The van der Waals surface area contributed by atoms with Gasteiger partial charge in [0.1, 0.15) is 10.3 Å². The van der Waals surface area contributed by atoms with E-state index in [1.54, 1.807) is 11.3 Å². The molecular weight excluding hydrogens is 323 g/mol. The molecule has 0 amide bonds. The highest BCUT2D eigenvalue weighted by Crippen LogP contribution is 2.35. The SMILES string of the molecule is Cc1cccc(-c2c(Cl)nc(-c3cscc3C)nc2Cl)c1. The van der Waals surface area contributed by atoms with Crippen molar-refractivity contribution in [3.63, 3.8) is 0 Å². The Hall–Kier alpha value is -1.42. The summed E-state index contributed by atoms with van der Waals surface area (Å²) < 4.78 is 0. The highest BCUT2D eigenvalue weighted by molar-refractivity contribution is 7.08. The van der Waals surface area contributed by atoms with Gasteiger partial charge in [0.15, 0.2) is 5.82 Å². The topological polar surface area (TPSA) is 25.8 Å². The summed E-state index contributed by atoms with van der Waals surface area (Å²) in [4.78, 5) is 8.84. The van der Waals surface area contributed by atoms with Crippen molar-refractivity contribution in [2.75, 3.05) is 0 Å². The van der Waals surface area contributed by atoms with Gasteiger partial charge in [0, 0.05) is 10.9 Å². The van der Waals surface area contributed by atoms with Crippen LogP contribution in [-0.4, -0.2) is 9.97 Å². The van der Waals surface area contributed by atoms with Crippen molar-refractivity contribution in [1.82, 2.24) is 9.97 Å². The summed E-state index contributed by atoms with van der Waals surface area (Å²) in [6.07, 6.45) is 0. The Balaban J connectivity index is 2.15. The lowest BCUT2D eigenvalue weighted by Gasteiger charge is -2.09. The van der Waals surface area contributed by atoms with Crippen LogP contribution in [0, 0.1) is 13.8 Å². The van der Waals surface area contributed by atoms with Crippen LogP contribution in [0.1, 0.15) is 11.1 Å². The Labute approximate surface area is 137 Å². The molecule has 21 heavy (non-hydrogen) atoms. The molecule has 0 aliphatic rings. The van der Waals surface area contributed by atoms with Gasteiger partial charge in [-0.25, -0.2) is 9.97 Å². The molecular formula is C16H12Cl2N2S. The molecule has 1 aromatic carbocycles. The second-order valence-corrected chi connectivity index (χ2v) is 6.30. The van der Waals surface area contributed by atoms with Crippen LogP contribution in [0.25, 0.3) is 22.5 Å². The average molecular weight is 335 g/mol. The first-order valence-electron chi connectivity index (χ1n) is 6.39. The molecule has 2 aromatic heterocycles. The van der Waals surface area contributed by atoms with Crippen molar-refractivity contribution in [3.8, 4) is 22.5 Å². The van der Waals surface area contributed by atoms with E-state index in [0.29, 0.717) is 21.7 Å². The van der Waals surface area contributed by atoms with E-state index in [-0.39, 0.29) is 0 Å². The molecule has 0 aliphatic heterocycles. The van der Waals surface area contributed by atoms with E-state index in [4.69, 9.17) is 23.2 Å². The largest absolute Gasteiger partial charge is 0.216 e. The van der Waals surface area contributed by atoms with Crippen LogP contribution in [0.4, 0.5) is 0 Å². The lowest BCUT2D eigenvalue weighted by molar-refractivity contribution is 1.17. The van der Waals surface area contributed by atoms with E-state index in [9.17, 15) is 0 Å². The minimum absolute atomic E-state index is 0.376. The quantitative estimate of drug-likeness (QED) is 0.554. The highest BCUT2D eigenvalue weighted by Gasteiger charge is 2.16. The third-order valence-electron chi connectivity index (χ3n) is 3.22. The number of thiophene rings is 1. The first-order valence-corrected chi connectivity index (χ1v) is 8.09. The number of hydrogen-bond donors (Lipinski definition) is 0. The predicted octanol–water partition coefficient (Wildman–Crippen LogP) is 5.80. The Bertz CT molecular complexity index is 789. The Morgan fingerprint density at radius 3 is 2.29 bits per heavy atom. The molecule has 0 saturated carbocycles. The molecule has 0 N–H and O–H groups in total. The number of aromatic nitrogens is 2. The number of aryl methyl sites for hydroxylation is 2. The minimum atomic E-state index is 0.376. The normalized spacial score (nSPS) is 10.9. The first-order chi connectivity index (χ1) is 10.1. The van der Waals surface area contributed by atoms with Crippen LogP contribution in [0.5, 0.6) is 0 Å². The first kappa shape index (κ1) is 14.5. The minimum Gasteiger partial charge on any atom is -0.216 e. The van der Waals surface area contributed by atoms with E-state index >= 15 is 0 Å². The third kappa shape index (κ3) is 2.82. The van der Waals surface area contributed by atoms with Gasteiger partial charge in [0.05, 0.1) is 5.56 Å². The van der Waals surface area contributed by atoms with Crippen LogP contribution in [-0.2, 0) is 0 Å². The summed E-state index contributed by atoms with van der Waals surface area (Å²) in [7, 11) is 0. The van der Waals surface area contributed by atoms with Gasteiger partial charge in [-0.1, -0.05) is 53.0 Å². The van der Waals surface area contributed by atoms with Crippen molar-refractivity contribution in [2.45, 2.75) is 13.8 Å². The van der Waals surface area contributed by atoms with Crippen molar-refractivity contribution in [2.24, 2.45) is 0 Å².